The maximum Gasteiger partial charge on any atom is 0.127 e. The first-order valence-electron chi connectivity index (χ1n) is 6.58. The number of fused-ring (bicyclic) bond motifs is 1. The van der Waals surface area contributed by atoms with Crippen LogP contribution >= 0.6 is 34.2 Å². The molecule has 0 radical (unpaired) electrons. The van der Waals surface area contributed by atoms with Crippen molar-refractivity contribution in [2.75, 3.05) is 5.32 Å². The van der Waals surface area contributed by atoms with E-state index >= 15 is 0 Å². The Labute approximate surface area is 136 Å². The van der Waals surface area contributed by atoms with Gasteiger partial charge in [0.05, 0.1) is 16.8 Å². The zero-order chi connectivity index (χ0) is 14.8. The van der Waals surface area contributed by atoms with Crippen LogP contribution in [0.4, 0.5) is 5.00 Å². The number of nitrogens with one attached hydrogen (secondary N) is 1. The maximum absolute atomic E-state index is 5.91. The average molecular weight is 334 g/mol. The highest BCUT2D eigenvalue weighted by Crippen LogP contribution is 2.39. The predicted molar refractivity (Wildman–Crippen MR) is 94.4 cm³/mol. The molecule has 0 unspecified atom stereocenters. The Morgan fingerprint density at radius 3 is 3.05 bits per heavy atom. The van der Waals surface area contributed by atoms with Crippen molar-refractivity contribution in [1.29, 1.82) is 0 Å². The average Bonchev–Trinajstić information content (AvgIpc) is 3.12. The number of aromatic nitrogens is 1. The number of thiophene rings is 2. The number of rotatable bonds is 5. The second-order valence-electron chi connectivity index (χ2n) is 4.85. The minimum Gasteiger partial charge on any atom is -0.370 e. The highest BCUT2D eigenvalue weighted by molar-refractivity contribution is 7.24. The van der Waals surface area contributed by atoms with Crippen LogP contribution in [0.15, 0.2) is 17.5 Å². The summed E-state index contributed by atoms with van der Waals surface area (Å²) in [6.07, 6.45) is 6.46. The SMILES string of the molecule is C#Cc1c(C[C@H](C)N)sc2c(NCc3cccs3)snc12. The Morgan fingerprint density at radius 2 is 2.38 bits per heavy atom. The summed E-state index contributed by atoms with van der Waals surface area (Å²) >= 11 is 4.94. The van der Waals surface area contributed by atoms with Crippen LogP contribution in [-0.4, -0.2) is 10.4 Å². The molecule has 3 aromatic heterocycles. The molecule has 3 rings (SSSR count). The second-order valence-corrected chi connectivity index (χ2v) is 7.76. The van der Waals surface area contributed by atoms with Crippen LogP contribution < -0.4 is 11.1 Å². The molecular formula is C15H15N3S3. The van der Waals surface area contributed by atoms with Crippen LogP contribution in [0, 0.1) is 12.3 Å². The summed E-state index contributed by atoms with van der Waals surface area (Å²) in [7, 11) is 0. The van der Waals surface area contributed by atoms with Crippen molar-refractivity contribution >= 4 is 49.4 Å². The largest absolute Gasteiger partial charge is 0.370 e. The van der Waals surface area contributed by atoms with Gasteiger partial charge in [-0.1, -0.05) is 12.0 Å². The van der Waals surface area contributed by atoms with E-state index in [1.165, 1.54) is 16.4 Å². The third-order valence-corrected chi connectivity index (χ3v) is 6.07. The lowest BCUT2D eigenvalue weighted by Gasteiger charge is -2.02. The summed E-state index contributed by atoms with van der Waals surface area (Å²) in [6.45, 7) is 2.82. The zero-order valence-electron chi connectivity index (χ0n) is 11.6. The molecule has 3 heterocycles. The van der Waals surface area contributed by atoms with E-state index in [2.05, 4.69) is 33.1 Å². The summed E-state index contributed by atoms with van der Waals surface area (Å²) in [5.74, 6) is 2.78. The summed E-state index contributed by atoms with van der Waals surface area (Å²) in [6, 6.07) is 4.29. The first-order valence-corrected chi connectivity index (χ1v) is 9.05. The van der Waals surface area contributed by atoms with Crippen molar-refractivity contribution in [2.45, 2.75) is 25.9 Å². The van der Waals surface area contributed by atoms with Crippen molar-refractivity contribution in [3.8, 4) is 12.3 Å². The third kappa shape index (κ3) is 2.97. The Morgan fingerprint density at radius 1 is 1.52 bits per heavy atom. The number of nitrogens with zero attached hydrogens (tertiary/aromatic N) is 1. The van der Waals surface area contributed by atoms with Crippen molar-refractivity contribution in [1.82, 2.24) is 4.37 Å². The van der Waals surface area contributed by atoms with Gasteiger partial charge in [0.2, 0.25) is 0 Å². The van der Waals surface area contributed by atoms with Crippen LogP contribution in [0.25, 0.3) is 10.2 Å². The fourth-order valence-electron chi connectivity index (χ4n) is 2.12. The molecule has 108 valence electrons. The van der Waals surface area contributed by atoms with Crippen molar-refractivity contribution in [3.05, 3.63) is 32.8 Å². The number of anilines is 1. The van der Waals surface area contributed by atoms with Crippen LogP contribution in [0.3, 0.4) is 0 Å². The minimum atomic E-state index is 0.103. The lowest BCUT2D eigenvalue weighted by atomic mass is 10.1. The van der Waals surface area contributed by atoms with Crippen molar-refractivity contribution in [2.24, 2.45) is 5.73 Å². The fourth-order valence-corrected chi connectivity index (χ4v) is 5.00. The van der Waals surface area contributed by atoms with E-state index in [9.17, 15) is 0 Å². The molecule has 0 aliphatic carbocycles. The Hall–Kier alpha value is -1.39. The molecular weight excluding hydrogens is 318 g/mol. The topological polar surface area (TPSA) is 50.9 Å². The number of terminal acetylenes is 1. The molecule has 0 bridgehead atoms. The van der Waals surface area contributed by atoms with E-state index in [1.54, 1.807) is 22.7 Å². The van der Waals surface area contributed by atoms with Crippen LogP contribution in [0.2, 0.25) is 0 Å². The first-order chi connectivity index (χ1) is 10.2. The summed E-state index contributed by atoms with van der Waals surface area (Å²) < 4.78 is 5.68. The molecule has 3 N–H and O–H groups in total. The smallest absolute Gasteiger partial charge is 0.127 e. The van der Waals surface area contributed by atoms with E-state index in [1.807, 2.05) is 6.92 Å². The third-order valence-electron chi connectivity index (χ3n) is 3.05. The molecule has 0 aromatic carbocycles. The van der Waals surface area contributed by atoms with Gasteiger partial charge < -0.3 is 11.1 Å². The maximum atomic E-state index is 5.91. The molecule has 0 spiro atoms. The van der Waals surface area contributed by atoms with Crippen molar-refractivity contribution in [3.63, 3.8) is 0 Å². The number of hydrogen-bond donors (Lipinski definition) is 2. The monoisotopic (exact) mass is 333 g/mol. The van der Waals surface area contributed by atoms with Gasteiger partial charge in [-0.15, -0.1) is 29.1 Å². The van der Waals surface area contributed by atoms with E-state index < -0.39 is 0 Å². The minimum absolute atomic E-state index is 0.103. The van der Waals surface area contributed by atoms with Crippen LogP contribution in [-0.2, 0) is 13.0 Å². The summed E-state index contributed by atoms with van der Waals surface area (Å²) in [4.78, 5) is 2.47. The highest BCUT2D eigenvalue weighted by Gasteiger charge is 2.17. The molecule has 0 saturated carbocycles. The van der Waals surface area contributed by atoms with E-state index in [4.69, 9.17) is 12.2 Å². The van der Waals surface area contributed by atoms with Gasteiger partial charge in [-0.05, 0) is 36.3 Å². The van der Waals surface area contributed by atoms with Crippen LogP contribution in [0.1, 0.15) is 22.2 Å². The Balaban J connectivity index is 1.90. The van der Waals surface area contributed by atoms with Gasteiger partial charge in [-0.2, -0.15) is 4.37 Å². The van der Waals surface area contributed by atoms with Crippen LogP contribution in [0.5, 0.6) is 0 Å². The number of hydrogen-bond acceptors (Lipinski definition) is 6. The molecule has 21 heavy (non-hydrogen) atoms. The first kappa shape index (κ1) is 14.5. The quantitative estimate of drug-likeness (QED) is 0.696. The zero-order valence-corrected chi connectivity index (χ0v) is 14.0. The number of nitrogens with two attached hydrogens (primary N) is 1. The van der Waals surface area contributed by atoms with Gasteiger partial charge in [0.1, 0.15) is 10.5 Å². The van der Waals surface area contributed by atoms with Gasteiger partial charge in [0.25, 0.3) is 0 Å². The van der Waals surface area contributed by atoms with Crippen molar-refractivity contribution < 1.29 is 0 Å². The Bertz CT molecular complexity index is 775. The highest BCUT2D eigenvalue weighted by atomic mass is 32.1. The molecule has 6 heteroatoms. The fraction of sp³-hybridized carbons (Fsp3) is 0.267. The molecule has 0 amide bonds. The standard InChI is InChI=1S/C15H15N3S3/c1-3-11-12(7-9(2)16)20-14-13(11)18-21-15(14)17-8-10-5-4-6-19-10/h1,4-6,9,17H,7-8,16H2,2H3/t9-/m0/s1. The summed E-state index contributed by atoms with van der Waals surface area (Å²) in [5, 5.41) is 6.64. The molecule has 0 saturated heterocycles. The normalized spacial score (nSPS) is 12.4. The molecule has 3 nitrogen and oxygen atoms in total. The molecule has 3 aromatic rings. The molecule has 1 atom stereocenters. The predicted octanol–water partition coefficient (Wildman–Crippen LogP) is 3.90. The van der Waals surface area contributed by atoms with Gasteiger partial charge in [0, 0.05) is 15.8 Å². The Kier molecular flexibility index (Phi) is 4.27. The van der Waals surface area contributed by atoms with Gasteiger partial charge in [0.15, 0.2) is 0 Å². The van der Waals surface area contributed by atoms with Gasteiger partial charge in [-0.3, -0.25) is 0 Å². The lowest BCUT2D eigenvalue weighted by Crippen LogP contribution is -2.17. The summed E-state index contributed by atoms with van der Waals surface area (Å²) in [5.41, 5.74) is 7.76. The molecule has 0 aliphatic rings. The second kappa shape index (κ2) is 6.16. The lowest BCUT2D eigenvalue weighted by molar-refractivity contribution is 0.746. The van der Waals surface area contributed by atoms with E-state index in [0.717, 1.165) is 38.6 Å². The van der Waals surface area contributed by atoms with E-state index in [-0.39, 0.29) is 6.04 Å². The molecule has 0 fully saturated rings. The van der Waals surface area contributed by atoms with E-state index in [0.29, 0.717) is 0 Å². The molecule has 0 aliphatic heterocycles. The van der Waals surface area contributed by atoms with Gasteiger partial charge >= 0.3 is 0 Å². The van der Waals surface area contributed by atoms with Gasteiger partial charge in [-0.25, -0.2) is 0 Å².